The minimum atomic E-state index is -0.196. The fraction of sp³-hybridized carbons (Fsp3) is 0.706. The summed E-state index contributed by atoms with van der Waals surface area (Å²) in [4.78, 5) is 22.6. The number of nitrogens with zero attached hydrogens (tertiary/aromatic N) is 4. The van der Waals surface area contributed by atoms with Crippen LogP contribution in [-0.4, -0.2) is 32.3 Å². The Morgan fingerprint density at radius 2 is 2.00 bits per heavy atom. The normalized spacial score (nSPS) is 25.1. The van der Waals surface area contributed by atoms with E-state index < -0.39 is 0 Å². The number of aromatic amines is 1. The first-order valence-electron chi connectivity index (χ1n) is 8.70. The zero-order valence-corrected chi connectivity index (χ0v) is 14.2. The predicted molar refractivity (Wildman–Crippen MR) is 90.9 cm³/mol. The highest BCUT2D eigenvalue weighted by atomic mass is 16.1. The second kappa shape index (κ2) is 5.08. The summed E-state index contributed by atoms with van der Waals surface area (Å²) in [6.07, 6.45) is 7.99. The van der Waals surface area contributed by atoms with Gasteiger partial charge in [-0.15, -0.1) is 0 Å². The van der Waals surface area contributed by atoms with Gasteiger partial charge < -0.3 is 4.90 Å². The van der Waals surface area contributed by atoms with Crippen LogP contribution in [-0.2, 0) is 5.54 Å². The van der Waals surface area contributed by atoms with Crippen LogP contribution in [0, 0.1) is 5.92 Å². The van der Waals surface area contributed by atoms with E-state index in [0.717, 1.165) is 18.4 Å². The summed E-state index contributed by atoms with van der Waals surface area (Å²) in [7, 11) is 0. The van der Waals surface area contributed by atoms with E-state index in [4.69, 9.17) is 4.98 Å². The van der Waals surface area contributed by atoms with E-state index in [9.17, 15) is 4.79 Å². The van der Waals surface area contributed by atoms with E-state index in [2.05, 4.69) is 35.8 Å². The first-order valence-corrected chi connectivity index (χ1v) is 8.70. The fourth-order valence-electron chi connectivity index (χ4n) is 4.20. The van der Waals surface area contributed by atoms with Crippen molar-refractivity contribution in [2.45, 2.75) is 64.5 Å². The summed E-state index contributed by atoms with van der Waals surface area (Å²) < 4.78 is 1.86. The minimum absolute atomic E-state index is 0.0836. The minimum Gasteiger partial charge on any atom is -0.339 e. The van der Waals surface area contributed by atoms with Gasteiger partial charge in [0, 0.05) is 12.6 Å². The van der Waals surface area contributed by atoms with E-state index in [1.807, 2.05) is 4.68 Å². The van der Waals surface area contributed by atoms with Crippen molar-refractivity contribution >= 4 is 17.0 Å². The Hall–Kier alpha value is -1.85. The molecule has 2 fully saturated rings. The van der Waals surface area contributed by atoms with Gasteiger partial charge in [0.1, 0.15) is 5.39 Å². The molecular formula is C17H25N5O. The lowest BCUT2D eigenvalue weighted by Gasteiger charge is -2.32. The molecular weight excluding hydrogens is 290 g/mol. The highest BCUT2D eigenvalue weighted by molar-refractivity contribution is 5.74. The Kier molecular flexibility index (Phi) is 3.25. The largest absolute Gasteiger partial charge is 0.339 e. The van der Waals surface area contributed by atoms with Crippen LogP contribution >= 0.6 is 0 Å². The number of anilines is 1. The van der Waals surface area contributed by atoms with Crippen LogP contribution in [0.25, 0.3) is 11.0 Å². The average molecular weight is 315 g/mol. The van der Waals surface area contributed by atoms with E-state index in [-0.39, 0.29) is 11.1 Å². The molecule has 2 atom stereocenters. The van der Waals surface area contributed by atoms with Gasteiger partial charge in [0.15, 0.2) is 5.65 Å². The van der Waals surface area contributed by atoms with Crippen LogP contribution < -0.4 is 10.5 Å². The first kappa shape index (κ1) is 14.7. The molecule has 6 heteroatoms. The number of fused-ring (bicyclic) bond motifs is 2. The molecule has 2 aliphatic rings. The van der Waals surface area contributed by atoms with E-state index in [0.29, 0.717) is 17.1 Å². The molecule has 0 amide bonds. The van der Waals surface area contributed by atoms with Crippen LogP contribution in [0.5, 0.6) is 0 Å². The van der Waals surface area contributed by atoms with Crippen molar-refractivity contribution < 1.29 is 0 Å². The monoisotopic (exact) mass is 315 g/mol. The molecule has 0 spiro atoms. The fourth-order valence-corrected chi connectivity index (χ4v) is 4.20. The molecule has 2 aromatic heterocycles. The van der Waals surface area contributed by atoms with Crippen molar-refractivity contribution in [1.82, 2.24) is 19.7 Å². The summed E-state index contributed by atoms with van der Waals surface area (Å²) in [6, 6.07) is 0.537. The standard InChI is InChI=1S/C17H25N5O/c1-17(2,3)22-14-12(10-18-22)15(23)20-16(19-14)21-9-8-11-6-4-5-7-13(11)21/h10-11,13H,4-9H2,1-3H3,(H,19,20,23). The van der Waals surface area contributed by atoms with Crippen molar-refractivity contribution in [3.05, 3.63) is 16.6 Å². The third-order valence-electron chi connectivity index (χ3n) is 5.34. The van der Waals surface area contributed by atoms with Gasteiger partial charge in [0.2, 0.25) is 5.95 Å². The highest BCUT2D eigenvalue weighted by Crippen LogP contribution is 2.37. The second-order valence-corrected chi connectivity index (χ2v) is 7.95. The molecule has 3 heterocycles. The Labute approximate surface area is 135 Å². The quantitative estimate of drug-likeness (QED) is 0.878. The molecule has 0 radical (unpaired) electrons. The topological polar surface area (TPSA) is 66.8 Å². The van der Waals surface area contributed by atoms with Crippen molar-refractivity contribution in [2.24, 2.45) is 5.92 Å². The van der Waals surface area contributed by atoms with Gasteiger partial charge in [0.05, 0.1) is 11.7 Å². The van der Waals surface area contributed by atoms with Crippen LogP contribution in [0.1, 0.15) is 52.9 Å². The maximum Gasteiger partial charge on any atom is 0.263 e. The van der Waals surface area contributed by atoms with Crippen molar-refractivity contribution in [2.75, 3.05) is 11.4 Å². The predicted octanol–water partition coefficient (Wildman–Crippen LogP) is 2.64. The van der Waals surface area contributed by atoms with E-state index in [1.165, 1.54) is 32.1 Å². The van der Waals surface area contributed by atoms with Gasteiger partial charge >= 0.3 is 0 Å². The summed E-state index contributed by atoms with van der Waals surface area (Å²) in [5.74, 6) is 1.49. The van der Waals surface area contributed by atoms with Gasteiger partial charge in [-0.05, 0) is 46.0 Å². The Morgan fingerprint density at radius 3 is 2.78 bits per heavy atom. The van der Waals surface area contributed by atoms with Crippen LogP contribution in [0.15, 0.2) is 11.0 Å². The maximum absolute atomic E-state index is 12.5. The molecule has 23 heavy (non-hydrogen) atoms. The number of hydrogen-bond acceptors (Lipinski definition) is 4. The Bertz CT molecular complexity index is 784. The summed E-state index contributed by atoms with van der Waals surface area (Å²) in [5, 5.41) is 4.96. The Morgan fingerprint density at radius 1 is 1.22 bits per heavy atom. The molecule has 0 aromatic carbocycles. The molecule has 2 unspecified atom stereocenters. The lowest BCUT2D eigenvalue weighted by molar-refractivity contribution is 0.340. The smallest absolute Gasteiger partial charge is 0.263 e. The van der Waals surface area contributed by atoms with Gasteiger partial charge in [-0.25, -0.2) is 4.68 Å². The molecule has 124 valence electrons. The average Bonchev–Trinajstić information content (AvgIpc) is 3.10. The molecule has 1 saturated heterocycles. The van der Waals surface area contributed by atoms with Crippen molar-refractivity contribution in [3.8, 4) is 0 Å². The zero-order valence-electron chi connectivity index (χ0n) is 14.2. The van der Waals surface area contributed by atoms with Crippen LogP contribution in [0.3, 0.4) is 0 Å². The maximum atomic E-state index is 12.5. The number of aromatic nitrogens is 4. The molecule has 0 bridgehead atoms. The van der Waals surface area contributed by atoms with Crippen LogP contribution in [0.2, 0.25) is 0 Å². The number of nitrogens with one attached hydrogen (secondary N) is 1. The van der Waals surface area contributed by atoms with Gasteiger partial charge in [-0.2, -0.15) is 10.1 Å². The molecule has 1 aliphatic carbocycles. The number of H-pyrrole nitrogens is 1. The number of hydrogen-bond donors (Lipinski definition) is 1. The molecule has 1 N–H and O–H groups in total. The molecule has 6 nitrogen and oxygen atoms in total. The lowest BCUT2D eigenvalue weighted by atomic mass is 9.85. The SMILES string of the molecule is CC(C)(C)n1ncc2c(=O)[nH]c(N3CCC4CCCCC43)nc21. The first-order chi connectivity index (χ1) is 10.9. The van der Waals surface area contributed by atoms with Gasteiger partial charge in [-0.1, -0.05) is 12.8 Å². The van der Waals surface area contributed by atoms with Crippen molar-refractivity contribution in [3.63, 3.8) is 0 Å². The third kappa shape index (κ3) is 2.35. The van der Waals surface area contributed by atoms with Gasteiger partial charge in [-0.3, -0.25) is 9.78 Å². The number of rotatable bonds is 1. The zero-order chi connectivity index (χ0) is 16.2. The molecule has 1 aliphatic heterocycles. The van der Waals surface area contributed by atoms with Crippen LogP contribution in [0.4, 0.5) is 5.95 Å². The lowest BCUT2D eigenvalue weighted by Crippen LogP contribution is -2.37. The molecule has 1 saturated carbocycles. The van der Waals surface area contributed by atoms with Crippen molar-refractivity contribution in [1.29, 1.82) is 0 Å². The highest BCUT2D eigenvalue weighted by Gasteiger charge is 2.37. The Balaban J connectivity index is 1.80. The molecule has 4 rings (SSSR count). The van der Waals surface area contributed by atoms with E-state index in [1.54, 1.807) is 6.20 Å². The molecule has 2 aromatic rings. The summed E-state index contributed by atoms with van der Waals surface area (Å²) >= 11 is 0. The van der Waals surface area contributed by atoms with E-state index >= 15 is 0 Å². The van der Waals surface area contributed by atoms with Gasteiger partial charge in [0.25, 0.3) is 5.56 Å². The third-order valence-corrected chi connectivity index (χ3v) is 5.34. The summed E-state index contributed by atoms with van der Waals surface area (Å²) in [6.45, 7) is 7.23. The summed E-state index contributed by atoms with van der Waals surface area (Å²) in [5.41, 5.74) is 0.410. The second-order valence-electron chi connectivity index (χ2n) is 7.95.